The lowest BCUT2D eigenvalue weighted by molar-refractivity contribution is -0.143. The summed E-state index contributed by atoms with van der Waals surface area (Å²) in [6.45, 7) is 4.97. The van der Waals surface area contributed by atoms with Gasteiger partial charge in [-0.3, -0.25) is 9.59 Å². The molecule has 0 aromatic heterocycles. The molecular formula is C88H171NO5. The summed E-state index contributed by atoms with van der Waals surface area (Å²) in [5.74, 6) is -0.0121. The van der Waals surface area contributed by atoms with Crippen molar-refractivity contribution in [1.82, 2.24) is 5.32 Å². The predicted octanol–water partition coefficient (Wildman–Crippen LogP) is 29.2. The Morgan fingerprint density at radius 1 is 0.298 bits per heavy atom. The number of esters is 1. The molecule has 3 N–H and O–H groups in total. The van der Waals surface area contributed by atoms with E-state index in [1.807, 2.05) is 0 Å². The van der Waals surface area contributed by atoms with Crippen LogP contribution in [0.5, 0.6) is 0 Å². The number of carbonyl (C=O) groups excluding carboxylic acids is 2. The summed E-state index contributed by atoms with van der Waals surface area (Å²) in [5, 5.41) is 23.5. The van der Waals surface area contributed by atoms with Crippen molar-refractivity contribution < 1.29 is 24.5 Å². The van der Waals surface area contributed by atoms with E-state index >= 15 is 0 Å². The number of hydrogen-bond donors (Lipinski definition) is 3. The van der Waals surface area contributed by atoms with Crippen LogP contribution in [0.3, 0.4) is 0 Å². The fourth-order valence-corrected chi connectivity index (χ4v) is 14.1. The molecule has 0 aliphatic carbocycles. The molecule has 94 heavy (non-hydrogen) atoms. The van der Waals surface area contributed by atoms with Gasteiger partial charge in [0.15, 0.2) is 0 Å². The number of ether oxygens (including phenoxy) is 1. The van der Waals surface area contributed by atoms with Gasteiger partial charge in [0.1, 0.15) is 0 Å². The minimum atomic E-state index is -0.661. The minimum absolute atomic E-state index is 0.0103. The predicted molar refractivity (Wildman–Crippen MR) is 417 cm³/mol. The van der Waals surface area contributed by atoms with E-state index in [1.165, 1.54) is 417 Å². The molecule has 0 aromatic carbocycles. The van der Waals surface area contributed by atoms with Gasteiger partial charge in [-0.15, -0.1) is 0 Å². The highest BCUT2D eigenvalue weighted by molar-refractivity contribution is 5.76. The highest BCUT2D eigenvalue weighted by atomic mass is 16.5. The molecule has 0 aliphatic heterocycles. The summed E-state index contributed by atoms with van der Waals surface area (Å²) in [5.41, 5.74) is 0. The lowest BCUT2D eigenvalue weighted by Crippen LogP contribution is -2.45. The maximum Gasteiger partial charge on any atom is 0.305 e. The van der Waals surface area contributed by atoms with Gasteiger partial charge in [0, 0.05) is 12.8 Å². The van der Waals surface area contributed by atoms with Crippen molar-refractivity contribution >= 4 is 11.9 Å². The molecule has 0 heterocycles. The second-order valence-corrected chi connectivity index (χ2v) is 30.2. The van der Waals surface area contributed by atoms with E-state index in [1.54, 1.807) is 0 Å². The monoisotopic (exact) mass is 1320 g/mol. The van der Waals surface area contributed by atoms with E-state index in [0.717, 1.165) is 51.4 Å². The first-order valence-corrected chi connectivity index (χ1v) is 43.6. The van der Waals surface area contributed by atoms with Crippen LogP contribution in [0.4, 0.5) is 0 Å². The number of aliphatic hydroxyl groups is 2. The van der Waals surface area contributed by atoms with E-state index < -0.39 is 12.1 Å². The van der Waals surface area contributed by atoms with Crippen molar-refractivity contribution in [1.29, 1.82) is 0 Å². The van der Waals surface area contributed by atoms with Crippen LogP contribution in [-0.2, 0) is 14.3 Å². The van der Waals surface area contributed by atoms with E-state index in [9.17, 15) is 19.8 Å². The first-order chi connectivity index (χ1) is 46.5. The zero-order valence-electron chi connectivity index (χ0n) is 64.2. The van der Waals surface area contributed by atoms with Gasteiger partial charge in [-0.2, -0.15) is 0 Å². The number of nitrogens with one attached hydrogen (secondary N) is 1. The van der Waals surface area contributed by atoms with E-state index in [2.05, 4.69) is 43.5 Å². The molecule has 0 fully saturated rings. The van der Waals surface area contributed by atoms with Crippen LogP contribution in [0, 0.1) is 0 Å². The van der Waals surface area contributed by atoms with Gasteiger partial charge in [0.2, 0.25) is 5.91 Å². The van der Waals surface area contributed by atoms with Gasteiger partial charge in [-0.1, -0.05) is 462 Å². The Kier molecular flexibility index (Phi) is 82.3. The average Bonchev–Trinajstić information content (AvgIpc) is 3.59. The van der Waals surface area contributed by atoms with Crippen molar-refractivity contribution in [3.63, 3.8) is 0 Å². The summed E-state index contributed by atoms with van der Waals surface area (Å²) in [7, 11) is 0. The smallest absolute Gasteiger partial charge is 0.305 e. The molecule has 6 nitrogen and oxygen atoms in total. The Bertz CT molecular complexity index is 1480. The van der Waals surface area contributed by atoms with E-state index in [-0.39, 0.29) is 18.5 Å². The lowest BCUT2D eigenvalue weighted by Gasteiger charge is -2.22. The number of amides is 1. The normalized spacial score (nSPS) is 12.5. The molecule has 6 heteroatoms. The largest absolute Gasteiger partial charge is 0.466 e. The molecule has 2 unspecified atom stereocenters. The molecule has 2 atom stereocenters. The Balaban J connectivity index is 3.30. The van der Waals surface area contributed by atoms with Gasteiger partial charge in [-0.05, 0) is 51.4 Å². The maximum atomic E-state index is 12.6. The molecule has 0 saturated carbocycles. The van der Waals surface area contributed by atoms with Crippen LogP contribution in [-0.4, -0.2) is 47.4 Å². The van der Waals surface area contributed by atoms with Crippen molar-refractivity contribution in [2.45, 2.75) is 514 Å². The summed E-state index contributed by atoms with van der Waals surface area (Å²) >= 11 is 0. The fraction of sp³-hybridized carbons (Fsp3) is 0.932. The first-order valence-electron chi connectivity index (χ1n) is 43.6. The third kappa shape index (κ3) is 79.3. The first kappa shape index (κ1) is 92.3. The molecule has 0 spiro atoms. The molecule has 0 radical (unpaired) electrons. The summed E-state index contributed by atoms with van der Waals surface area (Å²) in [6, 6.07) is -0.538. The van der Waals surface area contributed by atoms with Crippen LogP contribution in [0.15, 0.2) is 24.3 Å². The van der Waals surface area contributed by atoms with E-state index in [0.29, 0.717) is 25.9 Å². The zero-order chi connectivity index (χ0) is 67.7. The molecule has 558 valence electrons. The number of rotatable bonds is 83. The quantitative estimate of drug-likeness (QED) is 0.0320. The van der Waals surface area contributed by atoms with Crippen molar-refractivity contribution in [2.75, 3.05) is 13.2 Å². The summed E-state index contributed by atoms with van der Waals surface area (Å²) in [4.78, 5) is 24.7. The van der Waals surface area contributed by atoms with Crippen LogP contribution < -0.4 is 5.32 Å². The molecular weight excluding hydrogens is 1150 g/mol. The molecule has 0 rings (SSSR count). The number of aliphatic hydroxyl groups excluding tert-OH is 2. The fourth-order valence-electron chi connectivity index (χ4n) is 14.1. The van der Waals surface area contributed by atoms with E-state index in [4.69, 9.17) is 4.74 Å². The Hall–Kier alpha value is -1.66. The highest BCUT2D eigenvalue weighted by Gasteiger charge is 2.20. The van der Waals surface area contributed by atoms with Crippen molar-refractivity contribution in [3.05, 3.63) is 24.3 Å². The third-order valence-electron chi connectivity index (χ3n) is 20.8. The zero-order valence-corrected chi connectivity index (χ0v) is 64.2. The Morgan fingerprint density at radius 3 is 0.840 bits per heavy atom. The average molecular weight is 1320 g/mol. The molecule has 0 aliphatic rings. The van der Waals surface area contributed by atoms with Gasteiger partial charge in [0.05, 0.1) is 25.4 Å². The second kappa shape index (κ2) is 83.8. The number of unbranched alkanes of at least 4 members (excludes halogenated alkanes) is 68. The van der Waals surface area contributed by atoms with Gasteiger partial charge in [-0.25, -0.2) is 0 Å². The highest BCUT2D eigenvalue weighted by Crippen LogP contribution is 2.21. The second-order valence-electron chi connectivity index (χ2n) is 30.2. The van der Waals surface area contributed by atoms with Gasteiger partial charge < -0.3 is 20.3 Å². The molecule has 0 bridgehead atoms. The maximum absolute atomic E-state index is 12.6. The number of hydrogen-bond acceptors (Lipinski definition) is 5. The minimum Gasteiger partial charge on any atom is -0.466 e. The Labute approximate surface area is 590 Å². The van der Waals surface area contributed by atoms with Crippen LogP contribution in [0.2, 0.25) is 0 Å². The lowest BCUT2D eigenvalue weighted by atomic mass is 10.0. The molecule has 0 saturated heterocycles. The van der Waals surface area contributed by atoms with Crippen LogP contribution >= 0.6 is 0 Å². The summed E-state index contributed by atoms with van der Waals surface area (Å²) < 4.78 is 5.49. The van der Waals surface area contributed by atoms with Crippen LogP contribution in [0.1, 0.15) is 502 Å². The van der Waals surface area contributed by atoms with Crippen molar-refractivity contribution in [2.24, 2.45) is 0 Å². The van der Waals surface area contributed by atoms with Gasteiger partial charge in [0.25, 0.3) is 0 Å². The molecule has 1 amide bonds. The number of allylic oxidation sites excluding steroid dienone is 4. The molecule has 0 aromatic rings. The van der Waals surface area contributed by atoms with Crippen molar-refractivity contribution in [3.8, 4) is 0 Å². The third-order valence-corrected chi connectivity index (χ3v) is 20.8. The van der Waals surface area contributed by atoms with Crippen LogP contribution in [0.25, 0.3) is 0 Å². The topological polar surface area (TPSA) is 95.9 Å². The SMILES string of the molecule is CCCC/C=C\C/C=C\CCCCCCCC(=O)OCCCCCCCCCCCCCCCCCCCCCCCCCCCCCCCCCCCCCCCCCC(=O)NC(CO)C(O)CCCCCCCCCCCCCCCCCCCCCCCCCC. The standard InChI is InChI=1S/C88H171NO5/c1-3-5-7-9-11-13-15-17-19-20-21-22-23-41-44-47-50-53-56-60-64-68-72-76-80-86(91)85(84-90)89-87(92)81-77-73-69-65-61-57-54-51-48-45-42-39-37-35-33-31-29-27-25-24-26-28-30-32-34-36-38-40-43-46-49-52-55-59-63-67-71-75-79-83-94-88(93)82-78-74-70-66-62-58-18-16-14-12-10-8-6-4-2/h10,12,16,18,85-86,90-91H,3-9,11,13-15,17,19-84H2,1-2H3,(H,89,92)/b12-10-,18-16-. The summed E-state index contributed by atoms with van der Waals surface area (Å²) in [6.07, 6.45) is 109. The number of carbonyl (C=O) groups is 2. The Morgan fingerprint density at radius 2 is 0.543 bits per heavy atom. The van der Waals surface area contributed by atoms with Gasteiger partial charge >= 0.3 is 5.97 Å².